The fourth-order valence-electron chi connectivity index (χ4n) is 1.99. The molecule has 0 spiro atoms. The van der Waals surface area contributed by atoms with Gasteiger partial charge in [0.25, 0.3) is 5.89 Å². The number of hydrogen-bond acceptors (Lipinski definition) is 8. The number of nitrogens with one attached hydrogen (secondary N) is 2. The highest BCUT2D eigenvalue weighted by Gasteiger charge is 2.23. The zero-order valence-electron chi connectivity index (χ0n) is 12.0. The van der Waals surface area contributed by atoms with E-state index in [0.29, 0.717) is 16.9 Å². The van der Waals surface area contributed by atoms with Crippen LogP contribution in [0, 0.1) is 6.92 Å². The molecule has 2 aromatic rings. The van der Waals surface area contributed by atoms with E-state index < -0.39 is 0 Å². The number of amides is 1. The molecule has 1 saturated heterocycles. The second-order valence-corrected chi connectivity index (χ2v) is 5.76. The first-order valence-corrected chi connectivity index (χ1v) is 7.92. The van der Waals surface area contributed by atoms with Crippen LogP contribution >= 0.6 is 11.8 Å². The van der Waals surface area contributed by atoms with Gasteiger partial charge in [-0.3, -0.25) is 9.89 Å². The molecular weight excluding hydrogens is 308 g/mol. The summed E-state index contributed by atoms with van der Waals surface area (Å²) in [5, 5.41) is 13.8. The van der Waals surface area contributed by atoms with Gasteiger partial charge in [0, 0.05) is 6.61 Å². The molecule has 2 N–H and O–H groups in total. The van der Waals surface area contributed by atoms with Gasteiger partial charge in [-0.1, -0.05) is 16.9 Å². The number of hydrogen-bond donors (Lipinski definition) is 2. The van der Waals surface area contributed by atoms with Crippen molar-refractivity contribution in [2.75, 3.05) is 12.4 Å². The van der Waals surface area contributed by atoms with E-state index in [9.17, 15) is 4.79 Å². The third kappa shape index (κ3) is 3.83. The summed E-state index contributed by atoms with van der Waals surface area (Å²) in [5.41, 5.74) is 0. The Kier molecular flexibility index (Phi) is 4.68. The molecule has 1 amide bonds. The van der Waals surface area contributed by atoms with Crippen molar-refractivity contribution in [1.82, 2.24) is 30.6 Å². The van der Waals surface area contributed by atoms with Crippen molar-refractivity contribution in [3.63, 3.8) is 0 Å². The maximum Gasteiger partial charge on any atom is 0.255 e. The van der Waals surface area contributed by atoms with E-state index in [-0.39, 0.29) is 24.3 Å². The lowest BCUT2D eigenvalue weighted by atomic mass is 10.2. The number of nitrogens with zero attached hydrogens (tertiary/aromatic N) is 4. The highest BCUT2D eigenvalue weighted by Crippen LogP contribution is 2.26. The van der Waals surface area contributed by atoms with Crippen LogP contribution in [-0.2, 0) is 16.1 Å². The molecule has 1 atom stereocenters. The number of H-pyrrole nitrogens is 1. The molecule has 0 aliphatic carbocycles. The number of carbonyl (C=O) groups is 1. The molecule has 0 saturated carbocycles. The van der Waals surface area contributed by atoms with Crippen LogP contribution in [0.3, 0.4) is 0 Å². The first-order valence-electron chi connectivity index (χ1n) is 6.93. The van der Waals surface area contributed by atoms with E-state index >= 15 is 0 Å². The van der Waals surface area contributed by atoms with Gasteiger partial charge in [-0.15, -0.1) is 5.10 Å². The minimum absolute atomic E-state index is 0.110. The van der Waals surface area contributed by atoms with Crippen LogP contribution in [0.1, 0.15) is 36.5 Å². The van der Waals surface area contributed by atoms with Crippen LogP contribution < -0.4 is 5.32 Å². The number of rotatable bonds is 6. The second kappa shape index (κ2) is 6.88. The lowest BCUT2D eigenvalue weighted by molar-refractivity contribution is -0.118. The molecule has 0 radical (unpaired) electrons. The van der Waals surface area contributed by atoms with E-state index in [1.165, 1.54) is 11.8 Å². The Morgan fingerprint density at radius 2 is 2.41 bits per heavy atom. The maximum absolute atomic E-state index is 11.8. The lowest BCUT2D eigenvalue weighted by Crippen LogP contribution is -2.25. The monoisotopic (exact) mass is 324 g/mol. The predicted molar refractivity (Wildman–Crippen MR) is 75.9 cm³/mol. The van der Waals surface area contributed by atoms with Crippen molar-refractivity contribution >= 4 is 17.7 Å². The highest BCUT2D eigenvalue weighted by atomic mass is 32.2. The number of aromatic amines is 1. The van der Waals surface area contributed by atoms with Crippen LogP contribution in [0.25, 0.3) is 0 Å². The molecule has 3 heterocycles. The van der Waals surface area contributed by atoms with Crippen LogP contribution in [-0.4, -0.2) is 43.6 Å². The highest BCUT2D eigenvalue weighted by molar-refractivity contribution is 7.99. The minimum atomic E-state index is -0.143. The van der Waals surface area contributed by atoms with E-state index in [0.717, 1.165) is 25.3 Å². The fourth-order valence-corrected chi connectivity index (χ4v) is 2.66. The average molecular weight is 324 g/mol. The van der Waals surface area contributed by atoms with E-state index in [2.05, 4.69) is 30.6 Å². The normalized spacial score (nSPS) is 17.8. The molecule has 22 heavy (non-hydrogen) atoms. The number of aryl methyl sites for hydroxylation is 1. The molecule has 0 bridgehead atoms. The minimum Gasteiger partial charge on any atom is -0.368 e. The Morgan fingerprint density at radius 1 is 1.50 bits per heavy atom. The summed E-state index contributed by atoms with van der Waals surface area (Å²) in [5.74, 6) is 1.73. The van der Waals surface area contributed by atoms with Gasteiger partial charge in [-0.2, -0.15) is 4.98 Å². The first-order chi connectivity index (χ1) is 10.7. The SMILES string of the molecule is Cc1nc(SCC(=O)NCc2noc(C3CCCO3)n2)n[nH]1. The summed E-state index contributed by atoms with van der Waals surface area (Å²) in [6, 6.07) is 0. The van der Waals surface area contributed by atoms with E-state index in [4.69, 9.17) is 9.26 Å². The van der Waals surface area contributed by atoms with Crippen molar-refractivity contribution in [2.45, 2.75) is 37.6 Å². The van der Waals surface area contributed by atoms with Gasteiger partial charge in [-0.25, -0.2) is 4.98 Å². The van der Waals surface area contributed by atoms with Gasteiger partial charge in [-0.05, 0) is 19.8 Å². The molecule has 118 valence electrons. The molecule has 2 aromatic heterocycles. The summed E-state index contributed by atoms with van der Waals surface area (Å²) in [4.78, 5) is 20.1. The van der Waals surface area contributed by atoms with Crippen LogP contribution in [0.2, 0.25) is 0 Å². The van der Waals surface area contributed by atoms with E-state index in [1.54, 1.807) is 6.92 Å². The molecule has 3 rings (SSSR count). The largest absolute Gasteiger partial charge is 0.368 e. The smallest absolute Gasteiger partial charge is 0.255 e. The fraction of sp³-hybridized carbons (Fsp3) is 0.583. The molecule has 9 nitrogen and oxygen atoms in total. The van der Waals surface area contributed by atoms with Crippen molar-refractivity contribution < 1.29 is 14.1 Å². The molecule has 0 aromatic carbocycles. The zero-order valence-corrected chi connectivity index (χ0v) is 12.9. The Balaban J connectivity index is 1.42. The van der Waals surface area contributed by atoms with Crippen LogP contribution in [0.4, 0.5) is 0 Å². The summed E-state index contributed by atoms with van der Waals surface area (Å²) >= 11 is 1.26. The summed E-state index contributed by atoms with van der Waals surface area (Å²) in [7, 11) is 0. The standard InChI is InChI=1S/C12H16N6O3S/c1-7-14-12(17-16-7)22-6-10(19)13-5-9-15-11(21-18-9)8-3-2-4-20-8/h8H,2-6H2,1H3,(H,13,19)(H,14,16,17). The van der Waals surface area contributed by atoms with Gasteiger partial charge in [0.05, 0.1) is 12.3 Å². The third-order valence-electron chi connectivity index (χ3n) is 3.04. The number of carbonyl (C=O) groups excluding carboxylic acids is 1. The number of ether oxygens (including phenoxy) is 1. The summed E-state index contributed by atoms with van der Waals surface area (Å²) in [6.07, 6.45) is 1.78. The van der Waals surface area contributed by atoms with Crippen molar-refractivity contribution in [3.8, 4) is 0 Å². The number of aromatic nitrogens is 5. The van der Waals surface area contributed by atoms with E-state index in [1.807, 2.05) is 0 Å². The van der Waals surface area contributed by atoms with Crippen molar-refractivity contribution in [2.24, 2.45) is 0 Å². The van der Waals surface area contributed by atoms with Gasteiger partial charge >= 0.3 is 0 Å². The van der Waals surface area contributed by atoms with Crippen LogP contribution in [0.15, 0.2) is 9.68 Å². The number of thioether (sulfide) groups is 1. The third-order valence-corrected chi connectivity index (χ3v) is 3.89. The van der Waals surface area contributed by atoms with Crippen molar-refractivity contribution in [1.29, 1.82) is 0 Å². The Bertz CT molecular complexity index is 636. The summed E-state index contributed by atoms with van der Waals surface area (Å²) < 4.78 is 10.6. The predicted octanol–water partition coefficient (Wildman–Crippen LogP) is 0.756. The maximum atomic E-state index is 11.8. The van der Waals surface area contributed by atoms with Gasteiger partial charge in [0.15, 0.2) is 5.82 Å². The molecule has 10 heteroatoms. The topological polar surface area (TPSA) is 119 Å². The Morgan fingerprint density at radius 3 is 3.14 bits per heavy atom. The van der Waals surface area contributed by atoms with Gasteiger partial charge < -0.3 is 14.6 Å². The second-order valence-electron chi connectivity index (χ2n) is 4.82. The Hall–Kier alpha value is -1.94. The van der Waals surface area contributed by atoms with Crippen molar-refractivity contribution in [3.05, 3.63) is 17.5 Å². The summed E-state index contributed by atoms with van der Waals surface area (Å²) in [6.45, 7) is 2.75. The average Bonchev–Trinajstić information content (AvgIpc) is 3.23. The molecule has 1 unspecified atom stereocenters. The van der Waals surface area contributed by atoms with Gasteiger partial charge in [0.2, 0.25) is 11.1 Å². The molecule has 1 fully saturated rings. The molecule has 1 aliphatic heterocycles. The zero-order chi connectivity index (χ0) is 15.4. The quantitative estimate of drug-likeness (QED) is 0.747. The lowest BCUT2D eigenvalue weighted by Gasteiger charge is -2.01. The first kappa shape index (κ1) is 15.0. The van der Waals surface area contributed by atoms with Gasteiger partial charge in [0.1, 0.15) is 11.9 Å². The molecular formula is C12H16N6O3S. The Labute approximate surface area is 130 Å². The van der Waals surface area contributed by atoms with Crippen LogP contribution in [0.5, 0.6) is 0 Å². The molecule has 1 aliphatic rings.